The Morgan fingerprint density at radius 3 is 2.10 bits per heavy atom. The van der Waals surface area contributed by atoms with E-state index in [-0.39, 0.29) is 0 Å². The predicted molar refractivity (Wildman–Crippen MR) is 122 cm³/mol. The van der Waals surface area contributed by atoms with Gasteiger partial charge in [-0.3, -0.25) is 0 Å². The SMILES string of the molecule is C/C=C(\c1ccccc1)c1ccc(-c2ccccc2Oc2cccc(C)c2)cc1. The molecule has 0 bridgehead atoms. The van der Waals surface area contributed by atoms with Crippen LogP contribution in [0, 0.1) is 6.92 Å². The first-order chi connectivity index (χ1) is 14.2. The lowest BCUT2D eigenvalue weighted by atomic mass is 9.95. The van der Waals surface area contributed by atoms with Crippen LogP contribution in [0.15, 0.2) is 109 Å². The molecular formula is C28H24O. The van der Waals surface area contributed by atoms with Gasteiger partial charge in [-0.2, -0.15) is 0 Å². The lowest BCUT2D eigenvalue weighted by molar-refractivity contribution is 0.484. The summed E-state index contributed by atoms with van der Waals surface area (Å²) in [6, 6.07) is 35.5. The first-order valence-corrected chi connectivity index (χ1v) is 9.91. The van der Waals surface area contributed by atoms with Gasteiger partial charge < -0.3 is 4.74 Å². The van der Waals surface area contributed by atoms with Crippen molar-refractivity contribution in [3.63, 3.8) is 0 Å². The normalized spacial score (nSPS) is 11.3. The number of ether oxygens (including phenoxy) is 1. The summed E-state index contributed by atoms with van der Waals surface area (Å²) in [5.41, 5.74) is 7.08. The van der Waals surface area contributed by atoms with Crippen molar-refractivity contribution < 1.29 is 4.74 Å². The molecule has 0 saturated carbocycles. The van der Waals surface area contributed by atoms with Crippen LogP contribution in [0.5, 0.6) is 11.5 Å². The van der Waals surface area contributed by atoms with E-state index in [9.17, 15) is 0 Å². The quantitative estimate of drug-likeness (QED) is 0.344. The van der Waals surface area contributed by atoms with Gasteiger partial charge in [0.15, 0.2) is 0 Å². The topological polar surface area (TPSA) is 9.23 Å². The Labute approximate surface area is 172 Å². The number of aryl methyl sites for hydroxylation is 1. The van der Waals surface area contributed by atoms with Gasteiger partial charge in [-0.25, -0.2) is 0 Å². The monoisotopic (exact) mass is 376 g/mol. The molecule has 142 valence electrons. The first-order valence-electron chi connectivity index (χ1n) is 9.91. The predicted octanol–water partition coefficient (Wildman–Crippen LogP) is 7.91. The van der Waals surface area contributed by atoms with Gasteiger partial charge in [0.05, 0.1) is 0 Å². The van der Waals surface area contributed by atoms with Crippen molar-refractivity contribution in [2.45, 2.75) is 13.8 Å². The van der Waals surface area contributed by atoms with Crippen molar-refractivity contribution in [1.29, 1.82) is 0 Å². The van der Waals surface area contributed by atoms with Crippen molar-refractivity contribution in [3.8, 4) is 22.6 Å². The molecule has 0 unspecified atom stereocenters. The van der Waals surface area contributed by atoms with Gasteiger partial charge in [-0.1, -0.05) is 91.0 Å². The molecule has 0 amide bonds. The van der Waals surface area contributed by atoms with Gasteiger partial charge >= 0.3 is 0 Å². The Morgan fingerprint density at radius 2 is 1.38 bits per heavy atom. The van der Waals surface area contributed by atoms with E-state index in [1.807, 2.05) is 36.4 Å². The smallest absolute Gasteiger partial charge is 0.135 e. The molecule has 0 aliphatic heterocycles. The number of hydrogen-bond donors (Lipinski definition) is 0. The fraction of sp³-hybridized carbons (Fsp3) is 0.0714. The number of hydrogen-bond acceptors (Lipinski definition) is 1. The average Bonchev–Trinajstić information content (AvgIpc) is 2.76. The minimum absolute atomic E-state index is 0.856. The van der Waals surface area contributed by atoms with E-state index in [4.69, 9.17) is 4.74 Å². The van der Waals surface area contributed by atoms with Crippen LogP contribution in [0.4, 0.5) is 0 Å². The maximum absolute atomic E-state index is 6.20. The molecule has 4 rings (SSSR count). The Bertz CT molecular complexity index is 1120. The molecule has 0 N–H and O–H groups in total. The van der Waals surface area contributed by atoms with Crippen LogP contribution in [0.2, 0.25) is 0 Å². The summed E-state index contributed by atoms with van der Waals surface area (Å²) < 4.78 is 6.20. The number of rotatable bonds is 5. The van der Waals surface area contributed by atoms with Crippen LogP contribution >= 0.6 is 0 Å². The highest BCUT2D eigenvalue weighted by Gasteiger charge is 2.09. The second kappa shape index (κ2) is 8.62. The average molecular weight is 376 g/mol. The summed E-state index contributed by atoms with van der Waals surface area (Å²) in [4.78, 5) is 0. The molecule has 0 spiro atoms. The third-order valence-corrected chi connectivity index (χ3v) is 4.98. The maximum Gasteiger partial charge on any atom is 0.135 e. The van der Waals surface area contributed by atoms with Crippen LogP contribution in [-0.4, -0.2) is 0 Å². The zero-order chi connectivity index (χ0) is 20.1. The van der Waals surface area contributed by atoms with Crippen molar-refractivity contribution in [2.75, 3.05) is 0 Å². The maximum atomic E-state index is 6.20. The van der Waals surface area contributed by atoms with Crippen molar-refractivity contribution >= 4 is 5.57 Å². The molecule has 4 aromatic rings. The van der Waals surface area contributed by atoms with Gasteiger partial charge in [0, 0.05) is 5.56 Å². The molecule has 0 aliphatic carbocycles. The van der Waals surface area contributed by atoms with Gasteiger partial charge in [-0.15, -0.1) is 0 Å². The second-order valence-corrected chi connectivity index (χ2v) is 7.06. The lowest BCUT2D eigenvalue weighted by Gasteiger charge is -2.13. The minimum atomic E-state index is 0.856. The number of para-hydroxylation sites is 1. The third kappa shape index (κ3) is 4.30. The summed E-state index contributed by atoms with van der Waals surface area (Å²) in [5.74, 6) is 1.72. The first kappa shape index (κ1) is 18.8. The molecule has 0 aromatic heterocycles. The summed E-state index contributed by atoms with van der Waals surface area (Å²) >= 11 is 0. The Balaban J connectivity index is 1.65. The number of benzene rings is 4. The molecule has 0 heterocycles. The van der Waals surface area contributed by atoms with E-state index >= 15 is 0 Å². The Hall–Kier alpha value is -3.58. The van der Waals surface area contributed by atoms with Crippen LogP contribution < -0.4 is 4.74 Å². The van der Waals surface area contributed by atoms with Crippen molar-refractivity contribution in [1.82, 2.24) is 0 Å². The van der Waals surface area contributed by atoms with Crippen LogP contribution in [0.25, 0.3) is 16.7 Å². The molecule has 0 atom stereocenters. The van der Waals surface area contributed by atoms with Crippen molar-refractivity contribution in [3.05, 3.63) is 126 Å². The van der Waals surface area contributed by atoms with E-state index < -0.39 is 0 Å². The Kier molecular flexibility index (Phi) is 5.58. The van der Waals surface area contributed by atoms with Gasteiger partial charge in [0.25, 0.3) is 0 Å². The summed E-state index contributed by atoms with van der Waals surface area (Å²) in [5, 5.41) is 0. The molecule has 1 nitrogen and oxygen atoms in total. The third-order valence-electron chi connectivity index (χ3n) is 4.98. The summed E-state index contributed by atoms with van der Waals surface area (Å²) in [7, 11) is 0. The molecule has 0 fully saturated rings. The fourth-order valence-electron chi connectivity index (χ4n) is 3.55. The van der Waals surface area contributed by atoms with E-state index in [1.54, 1.807) is 0 Å². The highest BCUT2D eigenvalue weighted by molar-refractivity contribution is 5.81. The van der Waals surface area contributed by atoms with E-state index in [0.29, 0.717) is 0 Å². The van der Waals surface area contributed by atoms with Crippen LogP contribution in [0.3, 0.4) is 0 Å². The van der Waals surface area contributed by atoms with E-state index in [2.05, 4.69) is 86.7 Å². The summed E-state index contributed by atoms with van der Waals surface area (Å²) in [6.45, 7) is 4.16. The van der Waals surface area contributed by atoms with E-state index in [0.717, 1.165) is 22.6 Å². The largest absolute Gasteiger partial charge is 0.457 e. The van der Waals surface area contributed by atoms with Gasteiger partial charge in [0.2, 0.25) is 0 Å². The van der Waals surface area contributed by atoms with Gasteiger partial charge in [-0.05, 0) is 59.9 Å². The molecular weight excluding hydrogens is 352 g/mol. The second-order valence-electron chi connectivity index (χ2n) is 7.06. The molecule has 29 heavy (non-hydrogen) atoms. The molecule has 0 aliphatic rings. The Morgan fingerprint density at radius 1 is 0.690 bits per heavy atom. The fourth-order valence-corrected chi connectivity index (χ4v) is 3.55. The van der Waals surface area contributed by atoms with Gasteiger partial charge in [0.1, 0.15) is 11.5 Å². The zero-order valence-corrected chi connectivity index (χ0v) is 16.8. The van der Waals surface area contributed by atoms with Crippen molar-refractivity contribution in [2.24, 2.45) is 0 Å². The van der Waals surface area contributed by atoms with Crippen LogP contribution in [-0.2, 0) is 0 Å². The molecule has 0 saturated heterocycles. The zero-order valence-electron chi connectivity index (χ0n) is 16.8. The highest BCUT2D eigenvalue weighted by atomic mass is 16.5. The molecule has 0 radical (unpaired) electrons. The van der Waals surface area contributed by atoms with E-state index in [1.165, 1.54) is 22.3 Å². The molecule has 1 heteroatoms. The lowest BCUT2D eigenvalue weighted by Crippen LogP contribution is -1.90. The number of allylic oxidation sites excluding steroid dienone is 1. The highest BCUT2D eigenvalue weighted by Crippen LogP contribution is 2.34. The minimum Gasteiger partial charge on any atom is -0.457 e. The molecule has 4 aromatic carbocycles. The van der Waals surface area contributed by atoms with Crippen LogP contribution in [0.1, 0.15) is 23.6 Å². The summed E-state index contributed by atoms with van der Waals surface area (Å²) in [6.07, 6.45) is 2.17. The standard InChI is InChI=1S/C28H24O/c1-3-26(22-11-5-4-6-12-22)23-16-18-24(19-17-23)27-14-7-8-15-28(27)29-25-13-9-10-21(2)20-25/h3-20H,1-2H3/b26-3+.